The first-order chi connectivity index (χ1) is 7.00. The van der Waals surface area contributed by atoms with E-state index in [4.69, 9.17) is 10.5 Å². The highest BCUT2D eigenvalue weighted by molar-refractivity contribution is 5.80. The molecule has 0 aromatic rings. The first kappa shape index (κ1) is 12.5. The molecule has 3 atom stereocenters. The van der Waals surface area contributed by atoms with Gasteiger partial charge >= 0.3 is 0 Å². The molecular formula is C11H22N2O2. The summed E-state index contributed by atoms with van der Waals surface area (Å²) >= 11 is 0. The van der Waals surface area contributed by atoms with Crippen molar-refractivity contribution >= 4 is 5.91 Å². The van der Waals surface area contributed by atoms with Crippen LogP contribution in [0.3, 0.4) is 0 Å². The lowest BCUT2D eigenvalue weighted by atomic mass is 10.1. The molecule has 0 aromatic heterocycles. The summed E-state index contributed by atoms with van der Waals surface area (Å²) in [5, 5.41) is 3.18. The summed E-state index contributed by atoms with van der Waals surface area (Å²) in [4.78, 5) is 11.3. The summed E-state index contributed by atoms with van der Waals surface area (Å²) in [5.41, 5.74) is 5.37. The molecule has 3 unspecified atom stereocenters. The molecule has 1 amide bonds. The fourth-order valence-corrected chi connectivity index (χ4v) is 1.86. The second-order valence-electron chi connectivity index (χ2n) is 4.74. The highest BCUT2D eigenvalue weighted by atomic mass is 16.5. The summed E-state index contributed by atoms with van der Waals surface area (Å²) in [6.07, 6.45) is 2.13. The molecule has 1 heterocycles. The van der Waals surface area contributed by atoms with Crippen molar-refractivity contribution in [2.75, 3.05) is 6.54 Å². The second kappa shape index (κ2) is 5.47. The number of amides is 1. The van der Waals surface area contributed by atoms with Crippen LogP contribution in [0.15, 0.2) is 0 Å². The minimum Gasteiger partial charge on any atom is -0.373 e. The molecule has 4 nitrogen and oxygen atoms in total. The molecular weight excluding hydrogens is 192 g/mol. The molecule has 0 saturated carbocycles. The first-order valence-electron chi connectivity index (χ1n) is 5.69. The number of rotatable bonds is 5. The highest BCUT2D eigenvalue weighted by Gasteiger charge is 2.32. The smallest absolute Gasteiger partial charge is 0.237 e. The molecule has 0 bridgehead atoms. The molecule has 1 aliphatic rings. The van der Waals surface area contributed by atoms with Gasteiger partial charge in [-0.2, -0.15) is 0 Å². The Kier molecular flexibility index (Phi) is 4.54. The van der Waals surface area contributed by atoms with E-state index >= 15 is 0 Å². The van der Waals surface area contributed by atoms with Gasteiger partial charge in [-0.15, -0.1) is 0 Å². The lowest BCUT2D eigenvalue weighted by Crippen LogP contribution is -2.50. The average Bonchev–Trinajstić information content (AvgIpc) is 2.51. The van der Waals surface area contributed by atoms with Crippen LogP contribution in [0.5, 0.6) is 0 Å². The number of carbonyl (C=O) groups excluding carboxylic acids is 1. The van der Waals surface area contributed by atoms with Crippen molar-refractivity contribution in [1.29, 1.82) is 0 Å². The fourth-order valence-electron chi connectivity index (χ4n) is 1.86. The van der Waals surface area contributed by atoms with E-state index in [0.29, 0.717) is 5.92 Å². The van der Waals surface area contributed by atoms with Gasteiger partial charge in [0.25, 0.3) is 0 Å². The Labute approximate surface area is 91.5 Å². The fraction of sp³-hybridized carbons (Fsp3) is 0.909. The Morgan fingerprint density at radius 1 is 1.53 bits per heavy atom. The third-order valence-corrected chi connectivity index (χ3v) is 2.69. The van der Waals surface area contributed by atoms with Gasteiger partial charge in [0.15, 0.2) is 0 Å². The molecule has 0 aromatic carbocycles. The quantitative estimate of drug-likeness (QED) is 0.706. The maximum Gasteiger partial charge on any atom is 0.237 e. The molecule has 1 saturated heterocycles. The van der Waals surface area contributed by atoms with E-state index < -0.39 is 0 Å². The van der Waals surface area contributed by atoms with Gasteiger partial charge in [-0.05, 0) is 32.2 Å². The largest absolute Gasteiger partial charge is 0.373 e. The van der Waals surface area contributed by atoms with Crippen molar-refractivity contribution in [3.8, 4) is 0 Å². The molecule has 3 N–H and O–H groups in total. The van der Waals surface area contributed by atoms with Crippen molar-refractivity contribution in [2.24, 2.45) is 11.7 Å². The number of nitrogens with two attached hydrogens (primary N) is 1. The van der Waals surface area contributed by atoms with E-state index in [1.165, 1.54) is 0 Å². The number of hydrogen-bond donors (Lipinski definition) is 2. The summed E-state index contributed by atoms with van der Waals surface area (Å²) in [6.45, 7) is 7.02. The number of ether oxygens (including phenoxy) is 1. The highest BCUT2D eigenvalue weighted by Crippen LogP contribution is 2.21. The van der Waals surface area contributed by atoms with Crippen LogP contribution in [-0.4, -0.2) is 30.7 Å². The van der Waals surface area contributed by atoms with E-state index in [9.17, 15) is 4.79 Å². The monoisotopic (exact) mass is 214 g/mol. The number of carbonyl (C=O) groups is 1. The standard InChI is InChI=1S/C11H22N2O2/c1-7(2)6-13-10(11(12)14)9-5-4-8(3)15-9/h7-10,13H,4-6H2,1-3H3,(H2,12,14). The van der Waals surface area contributed by atoms with Gasteiger partial charge in [-0.25, -0.2) is 0 Å². The van der Waals surface area contributed by atoms with E-state index in [1.807, 2.05) is 6.92 Å². The topological polar surface area (TPSA) is 64.3 Å². The zero-order valence-corrected chi connectivity index (χ0v) is 9.82. The van der Waals surface area contributed by atoms with Gasteiger partial charge in [0, 0.05) is 0 Å². The van der Waals surface area contributed by atoms with Crippen LogP contribution >= 0.6 is 0 Å². The minimum absolute atomic E-state index is 0.0451. The van der Waals surface area contributed by atoms with Crippen molar-refractivity contribution < 1.29 is 9.53 Å². The normalized spacial score (nSPS) is 28.3. The van der Waals surface area contributed by atoms with Crippen LogP contribution in [0, 0.1) is 5.92 Å². The van der Waals surface area contributed by atoms with Crippen molar-refractivity contribution in [2.45, 2.75) is 51.9 Å². The van der Waals surface area contributed by atoms with Crippen LogP contribution in [0.4, 0.5) is 0 Å². The van der Waals surface area contributed by atoms with Crippen LogP contribution in [0.1, 0.15) is 33.6 Å². The minimum atomic E-state index is -0.336. The molecule has 0 aliphatic carbocycles. The summed E-state index contributed by atoms with van der Waals surface area (Å²) in [5.74, 6) is 0.195. The van der Waals surface area contributed by atoms with Crippen molar-refractivity contribution in [3.05, 3.63) is 0 Å². The number of hydrogen-bond acceptors (Lipinski definition) is 3. The Bertz CT molecular complexity index is 219. The Morgan fingerprint density at radius 3 is 2.60 bits per heavy atom. The molecule has 0 radical (unpaired) electrons. The van der Waals surface area contributed by atoms with E-state index in [0.717, 1.165) is 19.4 Å². The average molecular weight is 214 g/mol. The van der Waals surface area contributed by atoms with Crippen LogP contribution < -0.4 is 11.1 Å². The zero-order chi connectivity index (χ0) is 11.4. The van der Waals surface area contributed by atoms with Crippen LogP contribution in [0.2, 0.25) is 0 Å². The predicted molar refractivity (Wildman–Crippen MR) is 59.4 cm³/mol. The number of nitrogens with one attached hydrogen (secondary N) is 1. The third kappa shape index (κ3) is 3.80. The summed E-state index contributed by atoms with van der Waals surface area (Å²) < 4.78 is 5.65. The van der Waals surface area contributed by atoms with Gasteiger partial charge in [0.1, 0.15) is 6.04 Å². The van der Waals surface area contributed by atoms with Gasteiger partial charge in [-0.3, -0.25) is 4.79 Å². The lowest BCUT2D eigenvalue weighted by Gasteiger charge is -2.22. The number of primary amides is 1. The van der Waals surface area contributed by atoms with E-state index in [2.05, 4.69) is 19.2 Å². The lowest BCUT2D eigenvalue weighted by molar-refractivity contribution is -0.123. The van der Waals surface area contributed by atoms with E-state index in [-0.39, 0.29) is 24.2 Å². The molecule has 1 aliphatic heterocycles. The summed E-state index contributed by atoms with van der Waals surface area (Å²) in [7, 11) is 0. The molecule has 4 heteroatoms. The maximum absolute atomic E-state index is 11.3. The van der Waals surface area contributed by atoms with Gasteiger partial charge in [0.2, 0.25) is 5.91 Å². The van der Waals surface area contributed by atoms with Crippen molar-refractivity contribution in [3.63, 3.8) is 0 Å². The Morgan fingerprint density at radius 2 is 2.20 bits per heavy atom. The van der Waals surface area contributed by atoms with Gasteiger partial charge < -0.3 is 15.8 Å². The third-order valence-electron chi connectivity index (χ3n) is 2.69. The molecule has 1 fully saturated rings. The second-order valence-corrected chi connectivity index (χ2v) is 4.74. The van der Waals surface area contributed by atoms with Crippen LogP contribution in [0.25, 0.3) is 0 Å². The summed E-state index contributed by atoms with van der Waals surface area (Å²) in [6, 6.07) is -0.336. The first-order valence-corrected chi connectivity index (χ1v) is 5.69. The van der Waals surface area contributed by atoms with E-state index in [1.54, 1.807) is 0 Å². The molecule has 15 heavy (non-hydrogen) atoms. The Balaban J connectivity index is 2.46. The molecule has 0 spiro atoms. The zero-order valence-electron chi connectivity index (χ0n) is 9.82. The Hall–Kier alpha value is -0.610. The van der Waals surface area contributed by atoms with Gasteiger partial charge in [0.05, 0.1) is 12.2 Å². The molecule has 88 valence electrons. The van der Waals surface area contributed by atoms with Gasteiger partial charge in [-0.1, -0.05) is 13.8 Å². The molecule has 1 rings (SSSR count). The predicted octanol–water partition coefficient (Wildman–Crippen LogP) is 0.653. The van der Waals surface area contributed by atoms with Crippen LogP contribution in [-0.2, 0) is 9.53 Å². The SMILES string of the molecule is CC(C)CNC(C(N)=O)C1CCC(C)O1. The van der Waals surface area contributed by atoms with Crippen molar-refractivity contribution in [1.82, 2.24) is 5.32 Å². The maximum atomic E-state index is 11.3.